The lowest BCUT2D eigenvalue weighted by atomic mass is 10.0. The van der Waals surface area contributed by atoms with Crippen LogP contribution in [0.1, 0.15) is 5.56 Å². The highest BCUT2D eigenvalue weighted by atomic mass is 16.6. The number of fused-ring (bicyclic) bond motifs is 1. The molecule has 6 heteroatoms. The highest BCUT2D eigenvalue weighted by Crippen LogP contribution is 2.40. The predicted octanol–water partition coefficient (Wildman–Crippen LogP) is 6.21. The normalized spacial score (nSPS) is 11.2. The summed E-state index contributed by atoms with van der Waals surface area (Å²) in [5, 5.41) is 30.7. The Hall–Kier alpha value is -3.90. The van der Waals surface area contributed by atoms with Gasteiger partial charge in [-0.1, -0.05) is 54.6 Å². The van der Waals surface area contributed by atoms with Crippen molar-refractivity contribution >= 4 is 27.8 Å². The van der Waals surface area contributed by atoms with Gasteiger partial charge >= 0.3 is 0 Å². The molecule has 3 N–H and O–H groups in total. The first kappa shape index (κ1) is 18.5. The van der Waals surface area contributed by atoms with Gasteiger partial charge in [-0.25, -0.2) is 0 Å². The lowest BCUT2D eigenvalue weighted by molar-refractivity contribution is 0.177. The third-order valence-corrected chi connectivity index (χ3v) is 4.41. The van der Waals surface area contributed by atoms with Crippen LogP contribution in [-0.4, -0.2) is 10.2 Å². The number of azo groups is 1. The van der Waals surface area contributed by atoms with Crippen molar-refractivity contribution in [3.05, 3.63) is 90.5 Å². The summed E-state index contributed by atoms with van der Waals surface area (Å²) in [4.78, 5) is 5.55. The molecule has 4 aromatic carbocycles. The molecule has 0 atom stereocenters. The molecule has 0 fully saturated rings. The van der Waals surface area contributed by atoms with E-state index in [0.717, 1.165) is 16.5 Å². The van der Waals surface area contributed by atoms with Crippen LogP contribution in [0.3, 0.4) is 0 Å². The van der Waals surface area contributed by atoms with Gasteiger partial charge in [0.15, 0.2) is 0 Å². The number of para-hydroxylation sites is 2. The third kappa shape index (κ3) is 4.17. The summed E-state index contributed by atoms with van der Waals surface area (Å²) < 4.78 is 0. The van der Waals surface area contributed by atoms with Gasteiger partial charge in [0, 0.05) is 10.9 Å². The van der Waals surface area contributed by atoms with Crippen LogP contribution in [0, 0.1) is 0 Å². The van der Waals surface area contributed by atoms with Crippen LogP contribution >= 0.6 is 0 Å². The number of benzene rings is 4. The van der Waals surface area contributed by atoms with Crippen LogP contribution in [0.2, 0.25) is 0 Å². The summed E-state index contributed by atoms with van der Waals surface area (Å²) >= 11 is 0. The van der Waals surface area contributed by atoms with Crippen molar-refractivity contribution in [2.75, 3.05) is 5.48 Å². The molecule has 0 amide bonds. The molecule has 6 nitrogen and oxygen atoms in total. The Bertz CT molecular complexity index is 1160. The van der Waals surface area contributed by atoms with Crippen molar-refractivity contribution in [3.8, 4) is 11.5 Å². The van der Waals surface area contributed by atoms with E-state index in [2.05, 4.69) is 15.7 Å². The maximum atomic E-state index is 10.8. The van der Waals surface area contributed by atoms with Crippen LogP contribution in [0.5, 0.6) is 11.5 Å². The average molecular weight is 385 g/mol. The molecular weight excluding hydrogens is 366 g/mol. The molecule has 29 heavy (non-hydrogen) atoms. The summed E-state index contributed by atoms with van der Waals surface area (Å²) in [5.41, 5.74) is 4.88. The predicted molar refractivity (Wildman–Crippen MR) is 113 cm³/mol. The zero-order valence-corrected chi connectivity index (χ0v) is 15.5. The van der Waals surface area contributed by atoms with Gasteiger partial charge in [0.25, 0.3) is 0 Å². The Labute approximate surface area is 167 Å². The first-order chi connectivity index (χ1) is 14.2. The number of rotatable bonds is 6. The molecule has 0 aliphatic rings. The summed E-state index contributed by atoms with van der Waals surface area (Å²) in [6.07, 6.45) is 0. The molecule has 144 valence electrons. The molecule has 0 aliphatic carbocycles. The summed E-state index contributed by atoms with van der Waals surface area (Å²) in [7, 11) is 0. The van der Waals surface area contributed by atoms with Crippen LogP contribution in [0.25, 0.3) is 10.8 Å². The largest absolute Gasteiger partial charge is 0.506 e. The number of anilines is 1. The van der Waals surface area contributed by atoms with E-state index in [0.29, 0.717) is 16.9 Å². The van der Waals surface area contributed by atoms with Crippen molar-refractivity contribution in [3.63, 3.8) is 0 Å². The monoisotopic (exact) mass is 385 g/mol. The zero-order valence-electron chi connectivity index (χ0n) is 15.5. The fraction of sp³-hybridized carbons (Fsp3) is 0.0435. The number of nitrogens with zero attached hydrogens (tertiary/aromatic N) is 2. The van der Waals surface area contributed by atoms with Crippen LogP contribution in [0.4, 0.5) is 17.1 Å². The molecule has 0 spiro atoms. The van der Waals surface area contributed by atoms with Crippen LogP contribution in [-0.2, 0) is 11.4 Å². The number of phenolic OH excluding ortho intramolecular Hbond substituents is 2. The number of hydrogen-bond donors (Lipinski definition) is 3. The summed E-state index contributed by atoms with van der Waals surface area (Å²) in [6.45, 7) is 0.130. The molecule has 0 unspecified atom stereocenters. The van der Waals surface area contributed by atoms with E-state index in [1.807, 2.05) is 60.7 Å². The zero-order chi connectivity index (χ0) is 20.1. The first-order valence-electron chi connectivity index (χ1n) is 9.08. The van der Waals surface area contributed by atoms with E-state index in [9.17, 15) is 10.2 Å². The SMILES string of the molecule is Oc1ccccc1N=Nc1c(O)c(CONc2ccccc2)cc2ccccc12. The van der Waals surface area contributed by atoms with Crippen molar-refractivity contribution in [2.24, 2.45) is 10.2 Å². The molecule has 0 bridgehead atoms. The van der Waals surface area contributed by atoms with E-state index in [-0.39, 0.29) is 18.1 Å². The average Bonchev–Trinajstić information content (AvgIpc) is 2.75. The Morgan fingerprint density at radius 1 is 0.793 bits per heavy atom. The molecule has 4 rings (SSSR count). The molecule has 0 saturated carbocycles. The molecule has 0 aliphatic heterocycles. The van der Waals surface area contributed by atoms with E-state index in [4.69, 9.17) is 4.84 Å². The minimum absolute atomic E-state index is 0.0160. The second-order valence-electron chi connectivity index (χ2n) is 6.40. The van der Waals surface area contributed by atoms with Crippen LogP contribution in [0.15, 0.2) is 95.2 Å². The minimum Gasteiger partial charge on any atom is -0.506 e. The number of phenols is 2. The summed E-state index contributed by atoms with van der Waals surface area (Å²) in [5.74, 6) is 0.00401. The first-order valence-corrected chi connectivity index (χ1v) is 9.08. The van der Waals surface area contributed by atoms with Gasteiger partial charge in [-0.2, -0.15) is 0 Å². The molecule has 4 aromatic rings. The quantitative estimate of drug-likeness (QED) is 0.272. The van der Waals surface area contributed by atoms with Gasteiger partial charge in [-0.15, -0.1) is 10.2 Å². The van der Waals surface area contributed by atoms with Crippen molar-refractivity contribution in [2.45, 2.75) is 6.61 Å². The van der Waals surface area contributed by atoms with Gasteiger partial charge in [0.2, 0.25) is 0 Å². The van der Waals surface area contributed by atoms with Crippen LogP contribution < -0.4 is 5.48 Å². The number of nitrogens with one attached hydrogen (secondary N) is 1. The fourth-order valence-electron chi connectivity index (χ4n) is 2.94. The van der Waals surface area contributed by atoms with E-state index in [1.165, 1.54) is 6.07 Å². The van der Waals surface area contributed by atoms with Gasteiger partial charge in [-0.3, -0.25) is 10.3 Å². The fourth-order valence-corrected chi connectivity index (χ4v) is 2.94. The van der Waals surface area contributed by atoms with Crippen molar-refractivity contribution < 1.29 is 15.1 Å². The number of hydrogen-bond acceptors (Lipinski definition) is 6. The Morgan fingerprint density at radius 2 is 1.52 bits per heavy atom. The van der Waals surface area contributed by atoms with E-state index < -0.39 is 0 Å². The topological polar surface area (TPSA) is 86.4 Å². The Balaban J connectivity index is 1.65. The lowest BCUT2D eigenvalue weighted by Gasteiger charge is -2.12. The molecular formula is C23H19N3O3. The van der Waals surface area contributed by atoms with Crippen molar-refractivity contribution in [1.82, 2.24) is 0 Å². The molecule has 0 aromatic heterocycles. The van der Waals surface area contributed by atoms with E-state index >= 15 is 0 Å². The molecule has 0 saturated heterocycles. The summed E-state index contributed by atoms with van der Waals surface area (Å²) in [6, 6.07) is 25.6. The molecule has 0 heterocycles. The second kappa shape index (κ2) is 8.41. The third-order valence-electron chi connectivity index (χ3n) is 4.41. The van der Waals surface area contributed by atoms with Crippen molar-refractivity contribution in [1.29, 1.82) is 0 Å². The molecule has 0 radical (unpaired) electrons. The highest BCUT2D eigenvalue weighted by molar-refractivity contribution is 5.96. The van der Waals surface area contributed by atoms with Gasteiger partial charge in [-0.05, 0) is 35.7 Å². The highest BCUT2D eigenvalue weighted by Gasteiger charge is 2.13. The van der Waals surface area contributed by atoms with Gasteiger partial charge in [0.05, 0.1) is 5.69 Å². The van der Waals surface area contributed by atoms with Gasteiger partial charge in [0.1, 0.15) is 29.5 Å². The lowest BCUT2D eigenvalue weighted by Crippen LogP contribution is -2.01. The number of aromatic hydroxyl groups is 2. The maximum Gasteiger partial charge on any atom is 0.149 e. The van der Waals surface area contributed by atoms with E-state index in [1.54, 1.807) is 18.2 Å². The minimum atomic E-state index is -0.0160. The Morgan fingerprint density at radius 3 is 2.34 bits per heavy atom. The van der Waals surface area contributed by atoms with Gasteiger partial charge < -0.3 is 10.2 Å². The standard InChI is InChI=1S/C23H19N3O3/c27-21-13-7-6-12-20(21)24-25-22-19-11-5-4-8-16(19)14-17(23(22)28)15-29-26-18-9-2-1-3-10-18/h1-14,26-28H,15H2. The Kier molecular flexibility index (Phi) is 5.36. The second-order valence-corrected chi connectivity index (χ2v) is 6.40. The smallest absolute Gasteiger partial charge is 0.149 e. The maximum absolute atomic E-state index is 10.8.